The van der Waals surface area contributed by atoms with Gasteiger partial charge >= 0.3 is 0 Å². The van der Waals surface area contributed by atoms with Crippen molar-refractivity contribution in [2.24, 2.45) is 0 Å². The number of hydrogen-bond acceptors (Lipinski definition) is 2. The molecule has 0 radical (unpaired) electrons. The van der Waals surface area contributed by atoms with Crippen molar-refractivity contribution < 1.29 is 4.92 Å². The van der Waals surface area contributed by atoms with E-state index < -0.39 is 4.92 Å². The van der Waals surface area contributed by atoms with Crippen molar-refractivity contribution in [1.82, 2.24) is 0 Å². The Kier molecular flexibility index (Phi) is 2.31. The van der Waals surface area contributed by atoms with Crippen molar-refractivity contribution in [3.63, 3.8) is 0 Å². The van der Waals surface area contributed by atoms with E-state index in [1.807, 2.05) is 12.1 Å². The van der Waals surface area contributed by atoms with Crippen LogP contribution in [0.2, 0.25) is 0 Å². The lowest BCUT2D eigenvalue weighted by molar-refractivity contribution is -0.402. The molecule has 1 aliphatic rings. The number of fused-ring (bicyclic) bond motifs is 1. The third kappa shape index (κ3) is 1.66. The van der Waals surface area contributed by atoms with E-state index in [0.717, 1.165) is 19.0 Å². The van der Waals surface area contributed by atoms with Gasteiger partial charge in [-0.25, -0.2) is 0 Å². The molecule has 1 aromatic rings. The molecule has 0 aromatic heterocycles. The van der Waals surface area contributed by atoms with Crippen LogP contribution in [0, 0.1) is 10.1 Å². The van der Waals surface area contributed by atoms with Crippen LogP contribution in [-0.2, 0) is 6.42 Å². The number of hydrogen-bond donors (Lipinski definition) is 0. The molecule has 1 atom stereocenters. The van der Waals surface area contributed by atoms with Crippen LogP contribution >= 0.6 is 0 Å². The number of benzene rings is 1. The van der Waals surface area contributed by atoms with E-state index in [4.69, 9.17) is 0 Å². The van der Waals surface area contributed by atoms with Gasteiger partial charge in [0.2, 0.25) is 6.20 Å². The average Bonchev–Trinajstić information content (AvgIpc) is 2.58. The predicted octanol–water partition coefficient (Wildman–Crippen LogP) is 2.51. The largest absolute Gasteiger partial charge is 0.259 e. The van der Waals surface area contributed by atoms with E-state index in [0.29, 0.717) is 0 Å². The third-order valence-electron chi connectivity index (χ3n) is 2.62. The average molecular weight is 189 g/mol. The second kappa shape index (κ2) is 3.62. The number of aryl methyl sites for hydroxylation is 1. The van der Waals surface area contributed by atoms with Gasteiger partial charge < -0.3 is 0 Å². The maximum atomic E-state index is 10.2. The molecule has 0 saturated heterocycles. The topological polar surface area (TPSA) is 43.1 Å². The summed E-state index contributed by atoms with van der Waals surface area (Å²) in [5.74, 6) is 0.233. The molecule has 0 N–H and O–H groups in total. The van der Waals surface area contributed by atoms with Gasteiger partial charge in [-0.05, 0) is 30.0 Å². The first-order valence-corrected chi connectivity index (χ1v) is 4.67. The molecule has 1 aliphatic carbocycles. The minimum Gasteiger partial charge on any atom is -0.259 e. The predicted molar refractivity (Wildman–Crippen MR) is 53.6 cm³/mol. The third-order valence-corrected chi connectivity index (χ3v) is 2.62. The van der Waals surface area contributed by atoms with Gasteiger partial charge in [-0.3, -0.25) is 10.1 Å². The summed E-state index contributed by atoms with van der Waals surface area (Å²) in [6.07, 6.45) is 4.76. The monoisotopic (exact) mass is 189 g/mol. The zero-order valence-electron chi connectivity index (χ0n) is 7.72. The summed E-state index contributed by atoms with van der Waals surface area (Å²) in [7, 11) is 0. The molecule has 72 valence electrons. The van der Waals surface area contributed by atoms with Crippen LogP contribution in [0.4, 0.5) is 0 Å². The quantitative estimate of drug-likeness (QED) is 0.530. The molecular weight excluding hydrogens is 178 g/mol. The lowest BCUT2D eigenvalue weighted by atomic mass is 10.0. The highest BCUT2D eigenvalue weighted by Crippen LogP contribution is 2.33. The van der Waals surface area contributed by atoms with Gasteiger partial charge in [0.15, 0.2) is 0 Å². The van der Waals surface area contributed by atoms with Crippen molar-refractivity contribution in [2.45, 2.75) is 18.8 Å². The Morgan fingerprint density at radius 2 is 2.21 bits per heavy atom. The number of allylic oxidation sites excluding steroid dienone is 1. The summed E-state index contributed by atoms with van der Waals surface area (Å²) in [6.45, 7) is 0. The molecule has 0 aliphatic heterocycles. The molecule has 0 bridgehead atoms. The summed E-state index contributed by atoms with van der Waals surface area (Å²) < 4.78 is 0. The zero-order chi connectivity index (χ0) is 9.97. The van der Waals surface area contributed by atoms with E-state index in [-0.39, 0.29) is 5.92 Å². The van der Waals surface area contributed by atoms with Crippen LogP contribution in [0.3, 0.4) is 0 Å². The summed E-state index contributed by atoms with van der Waals surface area (Å²) in [5.41, 5.74) is 2.57. The van der Waals surface area contributed by atoms with Crippen LogP contribution in [0.25, 0.3) is 0 Å². The first-order valence-electron chi connectivity index (χ1n) is 4.67. The van der Waals surface area contributed by atoms with Crippen molar-refractivity contribution in [3.05, 3.63) is 57.8 Å². The fourth-order valence-electron chi connectivity index (χ4n) is 1.96. The fourth-order valence-corrected chi connectivity index (χ4v) is 1.96. The molecule has 0 spiro atoms. The molecule has 14 heavy (non-hydrogen) atoms. The van der Waals surface area contributed by atoms with Crippen molar-refractivity contribution >= 4 is 0 Å². The van der Waals surface area contributed by atoms with Gasteiger partial charge in [-0.15, -0.1) is 0 Å². The van der Waals surface area contributed by atoms with Crippen molar-refractivity contribution in [2.75, 3.05) is 0 Å². The molecule has 0 amide bonds. The van der Waals surface area contributed by atoms with Crippen LogP contribution in [0.15, 0.2) is 36.5 Å². The Labute approximate surface area is 82.2 Å². The highest BCUT2D eigenvalue weighted by Gasteiger charge is 2.19. The first-order chi connectivity index (χ1) is 6.77. The zero-order valence-corrected chi connectivity index (χ0v) is 7.72. The van der Waals surface area contributed by atoms with Gasteiger partial charge in [0.25, 0.3) is 0 Å². The van der Waals surface area contributed by atoms with Crippen LogP contribution in [-0.4, -0.2) is 4.92 Å². The number of rotatable bonds is 2. The van der Waals surface area contributed by atoms with Gasteiger partial charge in [0.05, 0.1) is 4.92 Å². The van der Waals surface area contributed by atoms with E-state index >= 15 is 0 Å². The molecule has 1 aromatic carbocycles. The second-order valence-electron chi connectivity index (χ2n) is 3.47. The number of nitro groups is 1. The van der Waals surface area contributed by atoms with Crippen LogP contribution in [0.1, 0.15) is 23.5 Å². The molecule has 3 heteroatoms. The number of nitrogens with zero attached hydrogens (tertiary/aromatic N) is 1. The summed E-state index contributed by atoms with van der Waals surface area (Å²) in [5, 5.41) is 10.2. The summed E-state index contributed by atoms with van der Waals surface area (Å²) >= 11 is 0. The normalized spacial score (nSPS) is 19.9. The lowest BCUT2D eigenvalue weighted by Gasteiger charge is -2.02. The maximum absolute atomic E-state index is 10.2. The van der Waals surface area contributed by atoms with E-state index in [9.17, 15) is 10.1 Å². The van der Waals surface area contributed by atoms with Gasteiger partial charge in [0.1, 0.15) is 0 Å². The molecule has 0 fully saturated rings. The molecule has 0 heterocycles. The van der Waals surface area contributed by atoms with Gasteiger partial charge in [0, 0.05) is 5.92 Å². The van der Waals surface area contributed by atoms with E-state index in [1.54, 1.807) is 6.08 Å². The molecular formula is C11H11NO2. The van der Waals surface area contributed by atoms with E-state index in [1.165, 1.54) is 11.1 Å². The first kappa shape index (κ1) is 8.94. The lowest BCUT2D eigenvalue weighted by Crippen LogP contribution is -1.90. The standard InChI is InChI=1S/C11H11NO2/c13-12(14)8-7-10-6-5-9-3-1-2-4-11(9)10/h1-4,7-8,10H,5-6H2/b8-7+. The Morgan fingerprint density at radius 1 is 1.43 bits per heavy atom. The smallest absolute Gasteiger partial charge is 0.231 e. The molecule has 1 unspecified atom stereocenters. The van der Waals surface area contributed by atoms with Crippen LogP contribution in [0.5, 0.6) is 0 Å². The highest BCUT2D eigenvalue weighted by molar-refractivity contribution is 5.37. The molecule has 2 rings (SSSR count). The minimum absolute atomic E-state index is 0.233. The second-order valence-corrected chi connectivity index (χ2v) is 3.47. The van der Waals surface area contributed by atoms with Gasteiger partial charge in [-0.2, -0.15) is 0 Å². The Morgan fingerprint density at radius 3 is 3.00 bits per heavy atom. The SMILES string of the molecule is O=[N+]([O-])/C=C/C1CCc2ccccc21. The Bertz CT molecular complexity index is 385. The van der Waals surface area contributed by atoms with Crippen molar-refractivity contribution in [1.29, 1.82) is 0 Å². The van der Waals surface area contributed by atoms with Crippen molar-refractivity contribution in [3.8, 4) is 0 Å². The summed E-state index contributed by atoms with van der Waals surface area (Å²) in [4.78, 5) is 9.78. The highest BCUT2D eigenvalue weighted by atomic mass is 16.6. The minimum atomic E-state index is -0.402. The Hall–Kier alpha value is -1.64. The van der Waals surface area contributed by atoms with Gasteiger partial charge in [-0.1, -0.05) is 24.3 Å². The summed E-state index contributed by atoms with van der Waals surface area (Å²) in [6, 6.07) is 8.14. The maximum Gasteiger partial charge on any atom is 0.231 e. The molecule has 0 saturated carbocycles. The van der Waals surface area contributed by atoms with Crippen LogP contribution < -0.4 is 0 Å². The fraction of sp³-hybridized carbons (Fsp3) is 0.273. The van der Waals surface area contributed by atoms with E-state index in [2.05, 4.69) is 12.1 Å². The molecule has 3 nitrogen and oxygen atoms in total. The Balaban J connectivity index is 2.22.